The van der Waals surface area contributed by atoms with E-state index >= 15 is 0 Å². The van der Waals surface area contributed by atoms with Crippen molar-refractivity contribution in [3.05, 3.63) is 29.3 Å². The van der Waals surface area contributed by atoms with Crippen molar-refractivity contribution < 1.29 is 9.47 Å². The molecule has 1 unspecified atom stereocenters. The normalized spacial score (nSPS) is 13.2. The summed E-state index contributed by atoms with van der Waals surface area (Å²) in [4.78, 5) is 0. The second-order valence-corrected chi connectivity index (χ2v) is 6.74. The van der Waals surface area contributed by atoms with Crippen molar-refractivity contribution in [1.82, 2.24) is 0 Å². The van der Waals surface area contributed by atoms with Crippen LogP contribution in [0.1, 0.15) is 71.4 Å². The second-order valence-electron chi connectivity index (χ2n) is 6.74. The minimum absolute atomic E-state index is 0.276. The molecular formula is C19H32O2. The molecule has 0 spiro atoms. The van der Waals surface area contributed by atoms with Crippen LogP contribution in [0, 0.1) is 5.92 Å². The van der Waals surface area contributed by atoms with Crippen molar-refractivity contribution in [2.45, 2.75) is 66.4 Å². The maximum absolute atomic E-state index is 6.10. The van der Waals surface area contributed by atoms with Crippen molar-refractivity contribution in [2.24, 2.45) is 5.92 Å². The number of hydrogen-bond donors (Lipinski definition) is 0. The summed E-state index contributed by atoms with van der Waals surface area (Å²) in [6, 6.07) is 6.47. The van der Waals surface area contributed by atoms with Gasteiger partial charge in [-0.1, -0.05) is 59.7 Å². The predicted molar refractivity (Wildman–Crippen MR) is 90.4 cm³/mol. The lowest BCUT2D eigenvalue weighted by Crippen LogP contribution is -2.19. The lowest BCUT2D eigenvalue weighted by molar-refractivity contribution is 0.0185. The Morgan fingerprint density at radius 2 is 1.33 bits per heavy atom. The molecule has 1 atom stereocenters. The second kappa shape index (κ2) is 8.43. The fraction of sp³-hybridized carbons (Fsp3) is 0.684. The molecule has 120 valence electrons. The van der Waals surface area contributed by atoms with Crippen LogP contribution in [0.15, 0.2) is 18.2 Å². The van der Waals surface area contributed by atoms with E-state index in [0.717, 1.165) is 5.75 Å². The van der Waals surface area contributed by atoms with Crippen molar-refractivity contribution in [1.29, 1.82) is 0 Å². The molecule has 1 aromatic carbocycles. The van der Waals surface area contributed by atoms with Gasteiger partial charge in [0.25, 0.3) is 0 Å². The molecule has 0 N–H and O–H groups in total. The minimum Gasteiger partial charge on any atom is -0.491 e. The summed E-state index contributed by atoms with van der Waals surface area (Å²) in [6.07, 6.45) is 0.276. The molecule has 2 nitrogen and oxygen atoms in total. The fourth-order valence-corrected chi connectivity index (χ4v) is 2.22. The van der Waals surface area contributed by atoms with Crippen LogP contribution >= 0.6 is 0 Å². The number of para-hydroxylation sites is 1. The monoisotopic (exact) mass is 292 g/mol. The van der Waals surface area contributed by atoms with E-state index < -0.39 is 0 Å². The molecule has 2 heteroatoms. The smallest absolute Gasteiger partial charge is 0.126 e. The third-order valence-electron chi connectivity index (χ3n) is 3.97. The molecule has 0 fully saturated rings. The Hall–Kier alpha value is -1.02. The average molecular weight is 292 g/mol. The third kappa shape index (κ3) is 5.35. The predicted octanol–water partition coefficient (Wildman–Crippen LogP) is 5.37. The topological polar surface area (TPSA) is 18.5 Å². The van der Waals surface area contributed by atoms with E-state index in [4.69, 9.17) is 9.47 Å². The van der Waals surface area contributed by atoms with E-state index in [1.807, 2.05) is 0 Å². The Morgan fingerprint density at radius 3 is 1.76 bits per heavy atom. The molecule has 0 aliphatic carbocycles. The van der Waals surface area contributed by atoms with Gasteiger partial charge in [-0.3, -0.25) is 0 Å². The third-order valence-corrected chi connectivity index (χ3v) is 3.97. The molecule has 0 aliphatic rings. The van der Waals surface area contributed by atoms with Gasteiger partial charge in [0.1, 0.15) is 12.4 Å². The molecule has 21 heavy (non-hydrogen) atoms. The summed E-state index contributed by atoms with van der Waals surface area (Å²) in [5, 5.41) is 0. The maximum atomic E-state index is 6.10. The fourth-order valence-electron chi connectivity index (χ4n) is 2.22. The SMILES string of the molecule is CC(C)c1cccc(C(C)C)c1OCCOC(C)C(C)C. The van der Waals surface area contributed by atoms with Crippen molar-refractivity contribution >= 4 is 0 Å². The Kier molecular flexibility index (Phi) is 7.24. The molecule has 0 saturated heterocycles. The van der Waals surface area contributed by atoms with Gasteiger partial charge >= 0.3 is 0 Å². The average Bonchev–Trinajstić information content (AvgIpc) is 2.42. The zero-order valence-corrected chi connectivity index (χ0v) is 14.8. The zero-order valence-electron chi connectivity index (χ0n) is 14.8. The Labute approximate surface area is 130 Å². The van der Waals surface area contributed by atoms with Crippen molar-refractivity contribution in [3.63, 3.8) is 0 Å². The molecule has 0 aliphatic heterocycles. The quantitative estimate of drug-likeness (QED) is 0.599. The van der Waals surface area contributed by atoms with E-state index in [1.165, 1.54) is 11.1 Å². The number of hydrogen-bond acceptors (Lipinski definition) is 2. The first kappa shape index (κ1) is 18.0. The van der Waals surface area contributed by atoms with Crippen LogP contribution in [0.2, 0.25) is 0 Å². The Bertz CT molecular complexity index is 395. The molecule has 0 heterocycles. The zero-order chi connectivity index (χ0) is 16.0. The summed E-state index contributed by atoms with van der Waals surface area (Å²) in [5.74, 6) is 2.53. The molecule has 0 aromatic heterocycles. The largest absolute Gasteiger partial charge is 0.491 e. The number of benzene rings is 1. The van der Waals surface area contributed by atoms with Gasteiger partial charge in [0.05, 0.1) is 12.7 Å². The van der Waals surface area contributed by atoms with Gasteiger partial charge in [-0.05, 0) is 35.8 Å². The van der Waals surface area contributed by atoms with E-state index in [0.29, 0.717) is 31.0 Å². The van der Waals surface area contributed by atoms with E-state index in [-0.39, 0.29) is 6.10 Å². The summed E-state index contributed by atoms with van der Waals surface area (Å²) >= 11 is 0. The first-order valence-electron chi connectivity index (χ1n) is 8.21. The van der Waals surface area contributed by atoms with Crippen LogP contribution in [-0.2, 0) is 4.74 Å². The summed E-state index contributed by atoms with van der Waals surface area (Å²) in [6.45, 7) is 16.6. The standard InChI is InChI=1S/C19H32O2/c1-13(2)16(7)20-11-12-21-19-17(14(3)4)9-8-10-18(19)15(5)6/h8-10,13-16H,11-12H2,1-7H3. The van der Waals surface area contributed by atoms with Gasteiger partial charge in [0.2, 0.25) is 0 Å². The van der Waals surface area contributed by atoms with Crippen LogP contribution < -0.4 is 4.74 Å². The minimum atomic E-state index is 0.276. The molecule has 0 saturated carbocycles. The molecular weight excluding hydrogens is 260 g/mol. The maximum Gasteiger partial charge on any atom is 0.126 e. The van der Waals surface area contributed by atoms with Crippen LogP contribution in [0.4, 0.5) is 0 Å². The summed E-state index contributed by atoms with van der Waals surface area (Å²) in [7, 11) is 0. The number of rotatable bonds is 8. The van der Waals surface area contributed by atoms with Gasteiger partial charge in [0.15, 0.2) is 0 Å². The lowest BCUT2D eigenvalue weighted by Gasteiger charge is -2.21. The Balaban J connectivity index is 2.72. The van der Waals surface area contributed by atoms with Crippen molar-refractivity contribution in [2.75, 3.05) is 13.2 Å². The highest BCUT2D eigenvalue weighted by Gasteiger charge is 2.15. The molecule has 1 rings (SSSR count). The number of ether oxygens (including phenoxy) is 2. The first-order valence-corrected chi connectivity index (χ1v) is 8.21. The molecule has 0 radical (unpaired) electrons. The van der Waals surface area contributed by atoms with Crippen LogP contribution in [0.3, 0.4) is 0 Å². The van der Waals surface area contributed by atoms with E-state index in [9.17, 15) is 0 Å². The summed E-state index contributed by atoms with van der Waals surface area (Å²) < 4.78 is 11.9. The summed E-state index contributed by atoms with van der Waals surface area (Å²) in [5.41, 5.74) is 2.58. The molecule has 0 amide bonds. The van der Waals surface area contributed by atoms with Crippen molar-refractivity contribution in [3.8, 4) is 5.75 Å². The van der Waals surface area contributed by atoms with Crippen LogP contribution in [0.5, 0.6) is 5.75 Å². The highest BCUT2D eigenvalue weighted by Crippen LogP contribution is 2.34. The van der Waals surface area contributed by atoms with Gasteiger partial charge in [0, 0.05) is 0 Å². The van der Waals surface area contributed by atoms with Gasteiger partial charge < -0.3 is 9.47 Å². The lowest BCUT2D eigenvalue weighted by atomic mass is 9.94. The highest BCUT2D eigenvalue weighted by atomic mass is 16.5. The van der Waals surface area contributed by atoms with Gasteiger partial charge in [-0.2, -0.15) is 0 Å². The van der Waals surface area contributed by atoms with Crippen LogP contribution in [-0.4, -0.2) is 19.3 Å². The van der Waals surface area contributed by atoms with E-state index in [1.54, 1.807) is 0 Å². The Morgan fingerprint density at radius 1 is 0.810 bits per heavy atom. The molecule has 0 bridgehead atoms. The van der Waals surface area contributed by atoms with Crippen LogP contribution in [0.25, 0.3) is 0 Å². The van der Waals surface area contributed by atoms with E-state index in [2.05, 4.69) is 66.7 Å². The highest BCUT2D eigenvalue weighted by molar-refractivity contribution is 5.44. The molecule has 1 aromatic rings. The van der Waals surface area contributed by atoms with Gasteiger partial charge in [-0.15, -0.1) is 0 Å². The first-order chi connectivity index (χ1) is 9.84. The van der Waals surface area contributed by atoms with Gasteiger partial charge in [-0.25, -0.2) is 0 Å².